The summed E-state index contributed by atoms with van der Waals surface area (Å²) in [5, 5.41) is 5.46. The van der Waals surface area contributed by atoms with Gasteiger partial charge in [0.2, 0.25) is 0 Å². The molecule has 3 rings (SSSR count). The first-order valence-electron chi connectivity index (χ1n) is 9.22. The van der Waals surface area contributed by atoms with Crippen LogP contribution in [-0.2, 0) is 13.2 Å². The molecule has 0 heterocycles. The molecule has 0 saturated carbocycles. The number of hydrazone groups is 1. The zero-order valence-electron chi connectivity index (χ0n) is 16.7. The molecule has 0 aliphatic carbocycles. The monoisotopic (exact) mass is 444 g/mol. The summed E-state index contributed by atoms with van der Waals surface area (Å²) >= 11 is 12.1. The molecular formula is C23H22Cl2N2O3. The van der Waals surface area contributed by atoms with Crippen molar-refractivity contribution in [3.63, 3.8) is 0 Å². The van der Waals surface area contributed by atoms with E-state index in [0.717, 1.165) is 22.4 Å². The molecule has 1 N–H and O–H groups in total. The smallest absolute Gasteiger partial charge is 0.161 e. The topological polar surface area (TPSA) is 52.1 Å². The van der Waals surface area contributed by atoms with E-state index in [9.17, 15) is 0 Å². The van der Waals surface area contributed by atoms with Crippen molar-refractivity contribution in [2.45, 2.75) is 13.2 Å². The Kier molecular flexibility index (Phi) is 7.82. The van der Waals surface area contributed by atoms with Crippen LogP contribution in [0.5, 0.6) is 17.2 Å². The van der Waals surface area contributed by atoms with Crippen molar-refractivity contribution in [3.05, 3.63) is 87.4 Å². The standard InChI is InChI=1S/C23H22Cl2N2O3/c1-28-22-9-6-17(11-23(22)29-2)14-27-26-13-16-4-3-5-20(10-16)30-15-18-7-8-19(24)12-21(18)25/h3-13,27H,14-15H2,1-2H3/b26-13+. The summed E-state index contributed by atoms with van der Waals surface area (Å²) in [5.41, 5.74) is 5.84. The van der Waals surface area contributed by atoms with Crippen molar-refractivity contribution in [1.82, 2.24) is 5.43 Å². The van der Waals surface area contributed by atoms with Gasteiger partial charge in [-0.05, 0) is 47.5 Å². The molecule has 30 heavy (non-hydrogen) atoms. The molecule has 0 aromatic heterocycles. The van der Waals surface area contributed by atoms with E-state index in [4.69, 9.17) is 37.4 Å². The van der Waals surface area contributed by atoms with Crippen LogP contribution in [0.4, 0.5) is 0 Å². The predicted molar refractivity (Wildman–Crippen MR) is 121 cm³/mol. The van der Waals surface area contributed by atoms with Gasteiger partial charge in [-0.1, -0.05) is 47.5 Å². The predicted octanol–water partition coefficient (Wildman–Crippen LogP) is 5.71. The summed E-state index contributed by atoms with van der Waals surface area (Å²) in [6.45, 7) is 0.913. The van der Waals surface area contributed by atoms with E-state index in [1.807, 2.05) is 48.5 Å². The van der Waals surface area contributed by atoms with Gasteiger partial charge in [0.15, 0.2) is 11.5 Å². The van der Waals surface area contributed by atoms with E-state index in [2.05, 4.69) is 10.5 Å². The lowest BCUT2D eigenvalue weighted by Crippen LogP contribution is -2.06. The maximum atomic E-state index is 6.19. The van der Waals surface area contributed by atoms with Crippen molar-refractivity contribution in [3.8, 4) is 17.2 Å². The largest absolute Gasteiger partial charge is 0.493 e. The van der Waals surface area contributed by atoms with Gasteiger partial charge in [0.25, 0.3) is 0 Å². The van der Waals surface area contributed by atoms with Gasteiger partial charge < -0.3 is 19.6 Å². The van der Waals surface area contributed by atoms with Gasteiger partial charge in [-0.15, -0.1) is 0 Å². The normalized spacial score (nSPS) is 10.8. The fourth-order valence-electron chi connectivity index (χ4n) is 2.73. The molecule has 156 valence electrons. The Labute approximate surface area is 186 Å². The average molecular weight is 445 g/mol. The lowest BCUT2D eigenvalue weighted by Gasteiger charge is -2.09. The third-order valence-corrected chi connectivity index (χ3v) is 4.89. The second-order valence-electron chi connectivity index (χ2n) is 6.38. The Morgan fingerprint density at radius 1 is 0.933 bits per heavy atom. The summed E-state index contributed by atoms with van der Waals surface area (Å²) in [6.07, 6.45) is 1.74. The number of hydrogen-bond acceptors (Lipinski definition) is 5. The number of rotatable bonds is 9. The highest BCUT2D eigenvalue weighted by atomic mass is 35.5. The molecule has 0 atom stereocenters. The number of methoxy groups -OCH3 is 2. The number of nitrogens with zero attached hydrogens (tertiary/aromatic N) is 1. The van der Waals surface area contributed by atoms with Crippen LogP contribution in [0.3, 0.4) is 0 Å². The Morgan fingerprint density at radius 3 is 2.53 bits per heavy atom. The van der Waals surface area contributed by atoms with Crippen LogP contribution >= 0.6 is 23.2 Å². The molecule has 0 spiro atoms. The maximum absolute atomic E-state index is 6.19. The first kappa shape index (κ1) is 21.8. The maximum Gasteiger partial charge on any atom is 0.161 e. The lowest BCUT2D eigenvalue weighted by molar-refractivity contribution is 0.306. The molecule has 7 heteroatoms. The molecule has 0 aliphatic rings. The fourth-order valence-corrected chi connectivity index (χ4v) is 3.20. The van der Waals surface area contributed by atoms with Gasteiger partial charge in [-0.2, -0.15) is 5.10 Å². The molecule has 0 saturated heterocycles. The molecule has 5 nitrogen and oxygen atoms in total. The second-order valence-corrected chi connectivity index (χ2v) is 7.22. The van der Waals surface area contributed by atoms with E-state index in [1.165, 1.54) is 0 Å². The molecule has 0 unspecified atom stereocenters. The molecule has 3 aromatic carbocycles. The van der Waals surface area contributed by atoms with Crippen LogP contribution in [0.2, 0.25) is 10.0 Å². The Balaban J connectivity index is 1.55. The first-order chi connectivity index (χ1) is 14.6. The number of hydrogen-bond donors (Lipinski definition) is 1. The van der Waals surface area contributed by atoms with Gasteiger partial charge in [0.05, 0.1) is 27.0 Å². The fraction of sp³-hybridized carbons (Fsp3) is 0.174. The molecule has 0 amide bonds. The van der Waals surface area contributed by atoms with Gasteiger partial charge in [0.1, 0.15) is 12.4 Å². The number of ether oxygens (including phenoxy) is 3. The summed E-state index contributed by atoms with van der Waals surface area (Å²) < 4.78 is 16.4. The molecule has 0 fully saturated rings. The third kappa shape index (κ3) is 6.05. The van der Waals surface area contributed by atoms with Gasteiger partial charge >= 0.3 is 0 Å². The van der Waals surface area contributed by atoms with Crippen LogP contribution in [0.15, 0.2) is 65.8 Å². The van der Waals surface area contributed by atoms with E-state index in [1.54, 1.807) is 32.6 Å². The highest BCUT2D eigenvalue weighted by molar-refractivity contribution is 6.35. The van der Waals surface area contributed by atoms with Crippen LogP contribution in [0.25, 0.3) is 0 Å². The Morgan fingerprint density at radius 2 is 1.77 bits per heavy atom. The van der Waals surface area contributed by atoms with Crippen LogP contribution in [-0.4, -0.2) is 20.4 Å². The first-order valence-corrected chi connectivity index (χ1v) is 9.98. The lowest BCUT2D eigenvalue weighted by atomic mass is 10.2. The highest BCUT2D eigenvalue weighted by Gasteiger charge is 2.04. The van der Waals surface area contributed by atoms with Crippen molar-refractivity contribution in [2.24, 2.45) is 5.10 Å². The van der Waals surface area contributed by atoms with Crippen LogP contribution < -0.4 is 19.6 Å². The minimum Gasteiger partial charge on any atom is -0.493 e. The summed E-state index contributed by atoms with van der Waals surface area (Å²) in [4.78, 5) is 0. The van der Waals surface area contributed by atoms with E-state index in [-0.39, 0.29) is 0 Å². The average Bonchev–Trinajstić information content (AvgIpc) is 2.76. The Hall–Kier alpha value is -2.89. The van der Waals surface area contributed by atoms with Crippen LogP contribution in [0.1, 0.15) is 16.7 Å². The molecule has 3 aromatic rings. The number of nitrogens with one attached hydrogen (secondary N) is 1. The van der Waals surface area contributed by atoms with Gasteiger partial charge in [0, 0.05) is 15.6 Å². The van der Waals surface area contributed by atoms with Crippen molar-refractivity contribution < 1.29 is 14.2 Å². The molecule has 0 aliphatic heterocycles. The quantitative estimate of drug-likeness (QED) is 0.339. The number of benzene rings is 3. The Bertz CT molecular complexity index is 1030. The van der Waals surface area contributed by atoms with E-state index < -0.39 is 0 Å². The minimum atomic E-state index is 0.355. The number of halogens is 2. The summed E-state index contributed by atoms with van der Waals surface area (Å²) in [5.74, 6) is 2.11. The van der Waals surface area contributed by atoms with Gasteiger partial charge in [-0.25, -0.2) is 0 Å². The molecule has 0 bridgehead atoms. The minimum absolute atomic E-state index is 0.355. The van der Waals surface area contributed by atoms with Crippen molar-refractivity contribution in [2.75, 3.05) is 14.2 Å². The van der Waals surface area contributed by atoms with Gasteiger partial charge in [-0.3, -0.25) is 0 Å². The van der Waals surface area contributed by atoms with Crippen LogP contribution in [0, 0.1) is 0 Å². The van der Waals surface area contributed by atoms with E-state index >= 15 is 0 Å². The van der Waals surface area contributed by atoms with Crippen molar-refractivity contribution >= 4 is 29.4 Å². The third-order valence-electron chi connectivity index (χ3n) is 4.30. The molecule has 0 radical (unpaired) electrons. The SMILES string of the molecule is COc1ccc(CN/N=C/c2cccc(OCc3ccc(Cl)cc3Cl)c2)cc1OC. The summed E-state index contributed by atoms with van der Waals surface area (Å²) in [7, 11) is 3.23. The zero-order chi connectivity index (χ0) is 21.3. The molecular weight excluding hydrogens is 423 g/mol. The zero-order valence-corrected chi connectivity index (χ0v) is 18.2. The second kappa shape index (κ2) is 10.8. The summed E-state index contributed by atoms with van der Waals surface area (Å²) in [6, 6.07) is 18.7. The van der Waals surface area contributed by atoms with Crippen molar-refractivity contribution in [1.29, 1.82) is 0 Å². The highest BCUT2D eigenvalue weighted by Crippen LogP contribution is 2.27. The van der Waals surface area contributed by atoms with E-state index in [0.29, 0.717) is 34.7 Å².